The standard InChI is InChI=1S/C20H15ClF3N3O/c21-15-5-7-16(8-6-15)27-18(20(22,23)24)17(11-25-27)19(28)26-10-9-13-3-1-2-4-14(13)12-26/h1-8,11H,9-10,12H2. The Bertz CT molecular complexity index is 1030. The molecule has 1 aromatic heterocycles. The fourth-order valence-corrected chi connectivity index (χ4v) is 3.52. The van der Waals surface area contributed by atoms with Gasteiger partial charge in [-0.15, -0.1) is 0 Å². The summed E-state index contributed by atoms with van der Waals surface area (Å²) in [6, 6.07) is 13.4. The highest BCUT2D eigenvalue weighted by Gasteiger charge is 2.41. The molecule has 1 aliphatic heterocycles. The molecule has 0 fully saturated rings. The normalized spacial score (nSPS) is 14.1. The number of halogens is 4. The van der Waals surface area contributed by atoms with Crippen LogP contribution in [0.5, 0.6) is 0 Å². The smallest absolute Gasteiger partial charge is 0.334 e. The minimum Gasteiger partial charge on any atom is -0.334 e. The molecule has 2 heterocycles. The molecule has 0 radical (unpaired) electrons. The molecular formula is C20H15ClF3N3O. The van der Waals surface area contributed by atoms with Gasteiger partial charge in [-0.2, -0.15) is 18.3 Å². The SMILES string of the molecule is O=C(c1cnn(-c2ccc(Cl)cc2)c1C(F)(F)F)N1CCc2ccccc2C1. The second-order valence-corrected chi connectivity index (χ2v) is 6.97. The molecule has 28 heavy (non-hydrogen) atoms. The van der Waals surface area contributed by atoms with E-state index >= 15 is 0 Å². The number of fused-ring (bicyclic) bond motifs is 1. The second-order valence-electron chi connectivity index (χ2n) is 6.54. The Kier molecular flexibility index (Phi) is 4.63. The summed E-state index contributed by atoms with van der Waals surface area (Å²) >= 11 is 5.81. The molecule has 4 nitrogen and oxygen atoms in total. The van der Waals surface area contributed by atoms with E-state index < -0.39 is 23.3 Å². The lowest BCUT2D eigenvalue weighted by Gasteiger charge is -2.29. The predicted octanol–water partition coefficient (Wildman–Crippen LogP) is 4.74. The third-order valence-electron chi connectivity index (χ3n) is 4.76. The van der Waals surface area contributed by atoms with E-state index in [0.717, 1.165) is 22.0 Å². The fraction of sp³-hybridized carbons (Fsp3) is 0.200. The molecule has 2 aromatic carbocycles. The molecule has 8 heteroatoms. The van der Waals surface area contributed by atoms with Crippen molar-refractivity contribution in [2.24, 2.45) is 0 Å². The van der Waals surface area contributed by atoms with Crippen molar-refractivity contribution in [2.75, 3.05) is 6.54 Å². The summed E-state index contributed by atoms with van der Waals surface area (Å²) in [6.07, 6.45) is -3.15. The van der Waals surface area contributed by atoms with E-state index in [1.54, 1.807) is 0 Å². The summed E-state index contributed by atoms with van der Waals surface area (Å²) in [4.78, 5) is 14.4. The van der Waals surface area contributed by atoms with Crippen molar-refractivity contribution in [1.82, 2.24) is 14.7 Å². The number of nitrogens with zero attached hydrogens (tertiary/aromatic N) is 3. The molecule has 144 valence electrons. The predicted molar refractivity (Wildman–Crippen MR) is 98.5 cm³/mol. The van der Waals surface area contributed by atoms with Crippen LogP contribution in [0, 0.1) is 0 Å². The summed E-state index contributed by atoms with van der Waals surface area (Å²) in [7, 11) is 0. The fourth-order valence-electron chi connectivity index (χ4n) is 3.40. The molecule has 1 amide bonds. The average molecular weight is 406 g/mol. The summed E-state index contributed by atoms with van der Waals surface area (Å²) in [5, 5.41) is 4.24. The van der Waals surface area contributed by atoms with E-state index in [4.69, 9.17) is 11.6 Å². The van der Waals surface area contributed by atoms with E-state index in [2.05, 4.69) is 5.10 Å². The largest absolute Gasteiger partial charge is 0.434 e. The van der Waals surface area contributed by atoms with Crippen LogP contribution in [0.15, 0.2) is 54.7 Å². The van der Waals surface area contributed by atoms with Gasteiger partial charge in [0.05, 0.1) is 17.4 Å². The number of hydrogen-bond donors (Lipinski definition) is 0. The van der Waals surface area contributed by atoms with Crippen molar-refractivity contribution in [3.63, 3.8) is 0 Å². The van der Waals surface area contributed by atoms with Gasteiger partial charge in [0.1, 0.15) is 0 Å². The van der Waals surface area contributed by atoms with E-state index in [0.29, 0.717) is 18.0 Å². The van der Waals surface area contributed by atoms with Gasteiger partial charge in [-0.3, -0.25) is 4.79 Å². The quantitative estimate of drug-likeness (QED) is 0.617. The minimum absolute atomic E-state index is 0.180. The van der Waals surface area contributed by atoms with Gasteiger partial charge < -0.3 is 4.90 Å². The zero-order chi connectivity index (χ0) is 19.9. The van der Waals surface area contributed by atoms with Crippen LogP contribution in [0.3, 0.4) is 0 Å². The van der Waals surface area contributed by atoms with Gasteiger partial charge in [0.25, 0.3) is 5.91 Å². The summed E-state index contributed by atoms with van der Waals surface area (Å²) in [5.74, 6) is -0.679. The Hall–Kier alpha value is -2.80. The molecule has 0 unspecified atom stereocenters. The lowest BCUT2D eigenvalue weighted by Crippen LogP contribution is -2.36. The van der Waals surface area contributed by atoms with Crippen LogP contribution >= 0.6 is 11.6 Å². The van der Waals surface area contributed by atoms with Gasteiger partial charge in [0.2, 0.25) is 0 Å². The average Bonchev–Trinajstić information content (AvgIpc) is 3.13. The highest BCUT2D eigenvalue weighted by Crippen LogP contribution is 2.35. The van der Waals surface area contributed by atoms with Crippen molar-refractivity contribution in [3.05, 3.63) is 82.1 Å². The molecule has 0 bridgehead atoms. The summed E-state index contributed by atoms with van der Waals surface area (Å²) in [6.45, 7) is 0.637. The number of carbonyl (C=O) groups excluding carboxylic acids is 1. The number of benzene rings is 2. The number of amides is 1. The third kappa shape index (κ3) is 3.38. The second kappa shape index (κ2) is 6.98. The zero-order valence-electron chi connectivity index (χ0n) is 14.6. The number of hydrogen-bond acceptors (Lipinski definition) is 2. The molecule has 3 aromatic rings. The van der Waals surface area contributed by atoms with Crippen molar-refractivity contribution in [2.45, 2.75) is 19.1 Å². The minimum atomic E-state index is -4.74. The lowest BCUT2D eigenvalue weighted by atomic mass is 9.99. The maximum atomic E-state index is 13.8. The first-order chi connectivity index (χ1) is 13.3. The summed E-state index contributed by atoms with van der Waals surface area (Å²) < 4.78 is 42.2. The molecule has 1 aliphatic rings. The third-order valence-corrected chi connectivity index (χ3v) is 5.01. The molecule has 0 saturated carbocycles. The highest BCUT2D eigenvalue weighted by molar-refractivity contribution is 6.30. The number of carbonyl (C=O) groups is 1. The van der Waals surface area contributed by atoms with E-state index in [9.17, 15) is 18.0 Å². The lowest BCUT2D eigenvalue weighted by molar-refractivity contribution is -0.143. The van der Waals surface area contributed by atoms with Crippen LogP contribution in [0.1, 0.15) is 27.2 Å². The molecule has 0 N–H and O–H groups in total. The summed E-state index contributed by atoms with van der Waals surface area (Å²) in [5.41, 5.74) is 0.695. The maximum absolute atomic E-state index is 13.8. The Labute approximate surface area is 164 Å². The first kappa shape index (κ1) is 18.6. The van der Waals surface area contributed by atoms with Crippen LogP contribution in [0.4, 0.5) is 13.2 Å². The maximum Gasteiger partial charge on any atom is 0.434 e. The van der Waals surface area contributed by atoms with E-state index in [-0.39, 0.29) is 12.2 Å². The van der Waals surface area contributed by atoms with Crippen LogP contribution in [-0.4, -0.2) is 27.1 Å². The van der Waals surface area contributed by atoms with Gasteiger partial charge in [-0.25, -0.2) is 4.68 Å². The Balaban J connectivity index is 1.72. The Morgan fingerprint density at radius 3 is 2.39 bits per heavy atom. The molecule has 0 saturated heterocycles. The van der Waals surface area contributed by atoms with Crippen LogP contribution in [0.2, 0.25) is 5.02 Å². The van der Waals surface area contributed by atoms with Crippen LogP contribution in [-0.2, 0) is 19.1 Å². The van der Waals surface area contributed by atoms with E-state index in [1.165, 1.54) is 29.2 Å². The first-order valence-electron chi connectivity index (χ1n) is 8.62. The van der Waals surface area contributed by atoms with Gasteiger partial charge in [-0.1, -0.05) is 35.9 Å². The Morgan fingerprint density at radius 2 is 1.71 bits per heavy atom. The Morgan fingerprint density at radius 1 is 1.04 bits per heavy atom. The van der Waals surface area contributed by atoms with E-state index in [1.807, 2.05) is 24.3 Å². The number of aromatic nitrogens is 2. The number of alkyl halides is 3. The van der Waals surface area contributed by atoms with Gasteiger partial charge >= 0.3 is 6.18 Å². The first-order valence-corrected chi connectivity index (χ1v) is 8.99. The monoisotopic (exact) mass is 405 g/mol. The molecule has 0 atom stereocenters. The highest BCUT2D eigenvalue weighted by atomic mass is 35.5. The van der Waals surface area contributed by atoms with Crippen LogP contribution < -0.4 is 0 Å². The molecule has 0 aliphatic carbocycles. The van der Waals surface area contributed by atoms with Crippen molar-refractivity contribution >= 4 is 17.5 Å². The topological polar surface area (TPSA) is 38.1 Å². The van der Waals surface area contributed by atoms with Crippen molar-refractivity contribution in [3.8, 4) is 5.69 Å². The van der Waals surface area contributed by atoms with Gasteiger partial charge in [0, 0.05) is 18.1 Å². The van der Waals surface area contributed by atoms with Crippen molar-refractivity contribution in [1.29, 1.82) is 0 Å². The molecular weight excluding hydrogens is 391 g/mol. The molecule has 0 spiro atoms. The van der Waals surface area contributed by atoms with Gasteiger partial charge in [-0.05, 0) is 41.8 Å². The zero-order valence-corrected chi connectivity index (χ0v) is 15.3. The van der Waals surface area contributed by atoms with Crippen LogP contribution in [0.25, 0.3) is 5.69 Å². The van der Waals surface area contributed by atoms with Crippen molar-refractivity contribution < 1.29 is 18.0 Å². The molecule has 4 rings (SSSR count). The van der Waals surface area contributed by atoms with Gasteiger partial charge in [0.15, 0.2) is 5.69 Å². The number of rotatable bonds is 2.